The van der Waals surface area contributed by atoms with Gasteiger partial charge in [-0.15, -0.1) is 0 Å². The van der Waals surface area contributed by atoms with E-state index in [-0.39, 0.29) is 33.4 Å². The summed E-state index contributed by atoms with van der Waals surface area (Å²) >= 11 is 17.4. The Hall–Kier alpha value is -0.180. The first kappa shape index (κ1) is 28.8. The first-order valence-electron chi connectivity index (χ1n) is 14.5. The van der Waals surface area contributed by atoms with Crippen molar-refractivity contribution < 1.29 is 9.53 Å². The Balaban J connectivity index is 1.41. The summed E-state index contributed by atoms with van der Waals surface area (Å²) in [5, 5.41) is 0.151. The Kier molecular flexibility index (Phi) is 9.22. The molecule has 0 bridgehead atoms. The number of esters is 1. The molecule has 4 rings (SSSR count). The molecule has 4 aliphatic carbocycles. The Morgan fingerprint density at radius 2 is 1.78 bits per heavy atom. The van der Waals surface area contributed by atoms with Gasteiger partial charge in [-0.3, -0.25) is 4.79 Å². The number of carbonyl (C=O) groups excluding carboxylic acids is 1. The minimum atomic E-state index is -0.338. The maximum atomic E-state index is 12.4. The lowest BCUT2D eigenvalue weighted by molar-refractivity contribution is -0.150. The topological polar surface area (TPSA) is 26.3 Å². The van der Waals surface area contributed by atoms with Crippen LogP contribution in [0.2, 0.25) is 0 Å². The maximum absolute atomic E-state index is 12.4. The van der Waals surface area contributed by atoms with Gasteiger partial charge in [0.15, 0.2) is 0 Å². The van der Waals surface area contributed by atoms with Crippen LogP contribution in [0.1, 0.15) is 112 Å². The number of hydrogen-bond donors (Lipinski definition) is 0. The lowest BCUT2D eigenvalue weighted by Gasteiger charge is -2.58. The van der Waals surface area contributed by atoms with Crippen molar-refractivity contribution in [3.8, 4) is 0 Å². The molecule has 0 radical (unpaired) electrons. The van der Waals surface area contributed by atoms with Crippen LogP contribution < -0.4 is 0 Å². The molecular weight excluding hydrogens is 511 g/mol. The highest BCUT2D eigenvalue weighted by molar-refractivity contribution is 6.59. The van der Waals surface area contributed by atoms with Gasteiger partial charge in [0, 0.05) is 6.42 Å². The Morgan fingerprint density at radius 3 is 2.47 bits per heavy atom. The van der Waals surface area contributed by atoms with Crippen LogP contribution >= 0.6 is 34.8 Å². The molecule has 36 heavy (non-hydrogen) atoms. The van der Waals surface area contributed by atoms with Crippen LogP contribution in [0.3, 0.4) is 0 Å². The van der Waals surface area contributed by atoms with Crippen LogP contribution in [0.15, 0.2) is 21.2 Å². The molecule has 0 saturated heterocycles. The van der Waals surface area contributed by atoms with Crippen LogP contribution in [0.5, 0.6) is 0 Å². The third kappa shape index (κ3) is 5.72. The minimum Gasteiger partial charge on any atom is -0.462 e. The second-order valence-corrected chi connectivity index (χ2v) is 14.9. The van der Waals surface area contributed by atoms with Gasteiger partial charge in [-0.05, 0) is 91.3 Å². The molecule has 4 aliphatic rings. The number of allylic oxidation sites excluding steroid dienone is 1. The second-order valence-electron chi connectivity index (χ2n) is 13.5. The number of fused-ring (bicyclic) bond motifs is 5. The molecule has 5 heteroatoms. The van der Waals surface area contributed by atoms with Crippen LogP contribution in [0.4, 0.5) is 0 Å². The van der Waals surface area contributed by atoms with E-state index < -0.39 is 0 Å². The summed E-state index contributed by atoms with van der Waals surface area (Å²) in [6.07, 6.45) is 16.3. The number of carbonyl (C=O) groups is 1. The van der Waals surface area contributed by atoms with Gasteiger partial charge in [0.25, 0.3) is 0 Å². The highest BCUT2D eigenvalue weighted by Gasteiger charge is 2.59. The van der Waals surface area contributed by atoms with Crippen molar-refractivity contribution in [1.82, 2.24) is 0 Å². The highest BCUT2D eigenvalue weighted by atomic mass is 35.5. The van der Waals surface area contributed by atoms with Crippen molar-refractivity contribution in [3.63, 3.8) is 0 Å². The van der Waals surface area contributed by atoms with Crippen molar-refractivity contribution in [3.05, 3.63) is 21.2 Å². The van der Waals surface area contributed by atoms with Crippen molar-refractivity contribution in [1.29, 1.82) is 0 Å². The van der Waals surface area contributed by atoms with Crippen LogP contribution in [-0.4, -0.2) is 12.1 Å². The first-order valence-corrected chi connectivity index (χ1v) is 15.7. The SMILES string of the molecule is CC(C)CCC[C@@H](C)[C@H]1CC[C@@H]2[C@@H]3CC=C4C[C@@H](OC(=O)CC(Cl)=C(Cl)Cl)CC[C@]4(C)[C@@H]3CC[C@@]21C. The van der Waals surface area contributed by atoms with E-state index in [2.05, 4.69) is 40.7 Å². The van der Waals surface area contributed by atoms with Gasteiger partial charge >= 0.3 is 5.97 Å². The number of rotatable bonds is 8. The van der Waals surface area contributed by atoms with E-state index in [9.17, 15) is 4.79 Å². The average molecular weight is 558 g/mol. The van der Waals surface area contributed by atoms with Crippen LogP contribution in [-0.2, 0) is 9.53 Å². The zero-order chi connectivity index (χ0) is 26.3. The summed E-state index contributed by atoms with van der Waals surface area (Å²) in [6.45, 7) is 12.4. The molecule has 2 nitrogen and oxygen atoms in total. The number of hydrogen-bond acceptors (Lipinski definition) is 2. The first-order chi connectivity index (χ1) is 17.0. The summed E-state index contributed by atoms with van der Waals surface area (Å²) in [6, 6.07) is 0. The molecule has 0 amide bonds. The second kappa shape index (κ2) is 11.5. The third-order valence-corrected chi connectivity index (χ3v) is 12.0. The van der Waals surface area contributed by atoms with Gasteiger partial charge < -0.3 is 4.74 Å². The molecule has 204 valence electrons. The van der Waals surface area contributed by atoms with E-state index in [0.717, 1.165) is 54.8 Å². The predicted octanol–water partition coefficient (Wildman–Crippen LogP) is 10.2. The van der Waals surface area contributed by atoms with Crippen LogP contribution in [0.25, 0.3) is 0 Å². The fraction of sp³-hybridized carbons (Fsp3) is 0.839. The fourth-order valence-corrected chi connectivity index (χ4v) is 9.42. The normalized spacial score (nSPS) is 38.5. The molecule has 0 heterocycles. The maximum Gasteiger partial charge on any atom is 0.311 e. The van der Waals surface area contributed by atoms with E-state index >= 15 is 0 Å². The van der Waals surface area contributed by atoms with Gasteiger partial charge in [-0.25, -0.2) is 0 Å². The summed E-state index contributed by atoms with van der Waals surface area (Å²) in [7, 11) is 0. The van der Waals surface area contributed by atoms with E-state index in [4.69, 9.17) is 39.5 Å². The molecule has 0 spiro atoms. The van der Waals surface area contributed by atoms with Crippen molar-refractivity contribution >= 4 is 40.8 Å². The van der Waals surface area contributed by atoms with E-state index in [0.29, 0.717) is 5.41 Å². The molecule has 0 aromatic carbocycles. The largest absolute Gasteiger partial charge is 0.462 e. The molecule has 0 aromatic rings. The average Bonchev–Trinajstić information content (AvgIpc) is 3.16. The van der Waals surface area contributed by atoms with Crippen molar-refractivity contribution in [2.24, 2.45) is 46.3 Å². The fourth-order valence-electron chi connectivity index (χ4n) is 9.17. The number of halogens is 3. The molecule has 0 N–H and O–H groups in total. The molecular formula is C31H47Cl3O2. The standard InChI is InChI=1S/C31H47Cl3O2/c1-19(2)7-6-8-20(3)24-11-12-25-23-10-9-21-17-22(36-28(35)18-27(32)29(33)34)13-15-30(21,4)26(23)14-16-31(24,25)5/h9,19-20,22-26H,6-8,10-18H2,1-5H3/t20-,22+,23+,24-,25-,26-,30+,31-/m1/s1. The smallest absolute Gasteiger partial charge is 0.311 e. The van der Waals surface area contributed by atoms with E-state index in [1.807, 2.05) is 0 Å². The highest BCUT2D eigenvalue weighted by Crippen LogP contribution is 2.67. The lowest BCUT2D eigenvalue weighted by atomic mass is 9.47. The molecule has 0 aromatic heterocycles. The molecule has 3 fully saturated rings. The molecule has 3 saturated carbocycles. The summed E-state index contributed by atoms with van der Waals surface area (Å²) < 4.78 is 5.74. The zero-order valence-electron chi connectivity index (χ0n) is 23.1. The minimum absolute atomic E-state index is 0.0568. The van der Waals surface area contributed by atoms with E-state index in [1.165, 1.54) is 56.9 Å². The monoisotopic (exact) mass is 556 g/mol. The van der Waals surface area contributed by atoms with Crippen molar-refractivity contribution in [2.75, 3.05) is 0 Å². The number of ether oxygens (including phenoxy) is 1. The Labute approximate surface area is 234 Å². The molecule has 0 aliphatic heterocycles. The lowest BCUT2D eigenvalue weighted by Crippen LogP contribution is -2.51. The van der Waals surface area contributed by atoms with Gasteiger partial charge in [0.1, 0.15) is 10.6 Å². The van der Waals surface area contributed by atoms with Gasteiger partial charge in [-0.1, -0.05) is 100 Å². The summed E-state index contributed by atoms with van der Waals surface area (Å²) in [5.74, 6) is 4.69. The molecule has 0 unspecified atom stereocenters. The summed E-state index contributed by atoms with van der Waals surface area (Å²) in [4.78, 5) is 12.4. The van der Waals surface area contributed by atoms with Gasteiger partial charge in [-0.2, -0.15) is 0 Å². The Bertz CT molecular complexity index is 875. The summed E-state index contributed by atoms with van der Waals surface area (Å²) in [5.41, 5.74) is 2.30. The third-order valence-electron chi connectivity index (χ3n) is 11.1. The van der Waals surface area contributed by atoms with Gasteiger partial charge in [0.05, 0.1) is 11.5 Å². The predicted molar refractivity (Wildman–Crippen MR) is 152 cm³/mol. The Morgan fingerprint density at radius 1 is 1.03 bits per heavy atom. The van der Waals surface area contributed by atoms with Crippen molar-refractivity contribution in [2.45, 2.75) is 118 Å². The quantitative estimate of drug-likeness (QED) is 0.219. The molecule has 8 atom stereocenters. The zero-order valence-corrected chi connectivity index (χ0v) is 25.3. The van der Waals surface area contributed by atoms with Crippen LogP contribution in [0, 0.1) is 46.3 Å². The van der Waals surface area contributed by atoms with Gasteiger partial charge in [0.2, 0.25) is 0 Å². The van der Waals surface area contributed by atoms with E-state index in [1.54, 1.807) is 0 Å².